The van der Waals surface area contributed by atoms with E-state index in [-0.39, 0.29) is 21.7 Å². The molecule has 0 amide bonds. The SMILES string of the molecule is CC(C)(C)CC(C)(C)c1ccc2c(c1)Sc1cc(C(C)(C)CC(C)(C)C)ccc1N2Cc1ccccc1. The van der Waals surface area contributed by atoms with Crippen molar-refractivity contribution < 1.29 is 0 Å². The summed E-state index contributed by atoms with van der Waals surface area (Å²) in [5.41, 5.74) is 7.64. The van der Waals surface area contributed by atoms with E-state index in [1.54, 1.807) is 0 Å². The molecule has 1 aliphatic heterocycles. The maximum Gasteiger partial charge on any atom is 0.0556 e. The van der Waals surface area contributed by atoms with Crippen LogP contribution in [0.15, 0.2) is 76.5 Å². The predicted octanol–water partition coefficient (Wildman–Crippen LogP) is 10.9. The van der Waals surface area contributed by atoms with E-state index in [0.717, 1.165) is 19.4 Å². The third-order valence-corrected chi connectivity index (χ3v) is 8.51. The Balaban J connectivity index is 1.79. The smallest absolute Gasteiger partial charge is 0.0556 e. The highest BCUT2D eigenvalue weighted by molar-refractivity contribution is 7.99. The number of fused-ring (bicyclic) bond motifs is 2. The molecule has 3 aromatic rings. The summed E-state index contributed by atoms with van der Waals surface area (Å²) in [6.07, 6.45) is 2.30. The first kappa shape index (κ1) is 27.8. The molecule has 0 spiro atoms. The van der Waals surface area contributed by atoms with Crippen molar-refractivity contribution in [3.05, 3.63) is 83.4 Å². The maximum atomic E-state index is 2.53. The average molecular weight is 514 g/mol. The second-order valence-electron chi connectivity index (χ2n) is 14.8. The van der Waals surface area contributed by atoms with Crippen molar-refractivity contribution in [2.45, 2.75) is 109 Å². The van der Waals surface area contributed by atoms with Crippen LogP contribution in [0.4, 0.5) is 11.4 Å². The summed E-state index contributed by atoms with van der Waals surface area (Å²) in [4.78, 5) is 5.26. The minimum atomic E-state index is 0.120. The van der Waals surface area contributed by atoms with Crippen molar-refractivity contribution in [1.82, 2.24) is 0 Å². The number of nitrogens with zero attached hydrogens (tertiary/aromatic N) is 1. The fraction of sp³-hybridized carbons (Fsp3) is 0.486. The number of anilines is 2. The number of benzene rings is 3. The first-order valence-corrected chi connectivity index (χ1v) is 14.6. The molecule has 198 valence electrons. The van der Waals surface area contributed by atoms with Crippen molar-refractivity contribution in [1.29, 1.82) is 0 Å². The molecule has 0 saturated carbocycles. The lowest BCUT2D eigenvalue weighted by atomic mass is 9.72. The minimum absolute atomic E-state index is 0.120. The zero-order valence-corrected chi connectivity index (χ0v) is 25.6. The van der Waals surface area contributed by atoms with Gasteiger partial charge >= 0.3 is 0 Å². The Morgan fingerprint density at radius 1 is 0.568 bits per heavy atom. The van der Waals surface area contributed by atoms with Crippen LogP contribution in [0, 0.1) is 10.8 Å². The van der Waals surface area contributed by atoms with E-state index in [1.165, 1.54) is 37.9 Å². The van der Waals surface area contributed by atoms with Crippen LogP contribution >= 0.6 is 11.8 Å². The van der Waals surface area contributed by atoms with E-state index < -0.39 is 0 Å². The van der Waals surface area contributed by atoms with E-state index in [0.29, 0.717) is 0 Å². The summed E-state index contributed by atoms with van der Waals surface area (Å²) in [6, 6.07) is 25.3. The lowest BCUT2D eigenvalue weighted by Crippen LogP contribution is -2.26. The fourth-order valence-electron chi connectivity index (χ4n) is 6.52. The van der Waals surface area contributed by atoms with Crippen LogP contribution in [0.3, 0.4) is 0 Å². The summed E-state index contributed by atoms with van der Waals surface area (Å²) in [6.45, 7) is 24.6. The van der Waals surface area contributed by atoms with E-state index in [2.05, 4.69) is 141 Å². The summed E-state index contributed by atoms with van der Waals surface area (Å²) in [5, 5.41) is 0. The van der Waals surface area contributed by atoms with E-state index >= 15 is 0 Å². The van der Waals surface area contributed by atoms with Gasteiger partial charge in [0.2, 0.25) is 0 Å². The standard InChI is InChI=1S/C35H47NS/c1-32(2,3)23-34(7,8)26-16-18-28-30(20-26)37-31-21-27(35(9,10)24-33(4,5)6)17-19-29(31)36(28)22-25-14-12-11-13-15-25/h11-21H,22-24H2,1-10H3. The minimum Gasteiger partial charge on any atom is -0.335 e. The van der Waals surface area contributed by atoms with Gasteiger partial charge in [-0.05, 0) is 75.5 Å². The molecule has 1 heterocycles. The Morgan fingerprint density at radius 3 is 1.41 bits per heavy atom. The molecule has 1 nitrogen and oxygen atoms in total. The van der Waals surface area contributed by atoms with Crippen molar-refractivity contribution >= 4 is 23.1 Å². The molecule has 0 bridgehead atoms. The van der Waals surface area contributed by atoms with Crippen LogP contribution in [0.2, 0.25) is 0 Å². The van der Waals surface area contributed by atoms with Crippen LogP contribution in [0.25, 0.3) is 0 Å². The topological polar surface area (TPSA) is 3.24 Å². The number of hydrogen-bond acceptors (Lipinski definition) is 2. The molecular formula is C35H47NS. The molecule has 0 unspecified atom stereocenters. The molecule has 0 aromatic heterocycles. The van der Waals surface area contributed by atoms with Gasteiger partial charge in [0.25, 0.3) is 0 Å². The van der Waals surface area contributed by atoms with Gasteiger partial charge in [0.05, 0.1) is 11.4 Å². The first-order valence-electron chi connectivity index (χ1n) is 13.8. The lowest BCUT2D eigenvalue weighted by molar-refractivity contribution is 0.283. The van der Waals surface area contributed by atoms with Gasteiger partial charge in [0, 0.05) is 16.3 Å². The second kappa shape index (κ2) is 9.84. The van der Waals surface area contributed by atoms with Crippen molar-refractivity contribution in [3.63, 3.8) is 0 Å². The van der Waals surface area contributed by atoms with Gasteiger partial charge in [-0.3, -0.25) is 0 Å². The highest BCUT2D eigenvalue weighted by atomic mass is 32.2. The highest BCUT2D eigenvalue weighted by Gasteiger charge is 2.32. The van der Waals surface area contributed by atoms with Crippen LogP contribution < -0.4 is 4.90 Å². The summed E-state index contributed by atoms with van der Waals surface area (Å²) < 4.78 is 0. The normalized spacial score (nSPS) is 14.4. The predicted molar refractivity (Wildman–Crippen MR) is 163 cm³/mol. The lowest BCUT2D eigenvalue weighted by Gasteiger charge is -2.38. The van der Waals surface area contributed by atoms with Crippen LogP contribution in [-0.2, 0) is 17.4 Å². The molecular weight excluding hydrogens is 466 g/mol. The Morgan fingerprint density at radius 2 is 1.00 bits per heavy atom. The quantitative estimate of drug-likeness (QED) is 0.322. The summed E-state index contributed by atoms with van der Waals surface area (Å²) in [5.74, 6) is 0. The van der Waals surface area contributed by atoms with Gasteiger partial charge in [0.1, 0.15) is 0 Å². The Bertz CT molecular complexity index is 1160. The number of hydrogen-bond donors (Lipinski definition) is 0. The maximum absolute atomic E-state index is 2.53. The Hall–Kier alpha value is -2.19. The molecule has 0 atom stereocenters. The Kier molecular flexibility index (Phi) is 7.40. The second-order valence-corrected chi connectivity index (χ2v) is 15.9. The summed E-state index contributed by atoms with van der Waals surface area (Å²) in [7, 11) is 0. The van der Waals surface area contributed by atoms with Crippen molar-refractivity contribution in [2.75, 3.05) is 4.90 Å². The van der Waals surface area contributed by atoms with Crippen LogP contribution in [-0.4, -0.2) is 0 Å². The van der Waals surface area contributed by atoms with Gasteiger partial charge < -0.3 is 4.90 Å². The molecule has 0 N–H and O–H groups in total. The molecule has 0 aliphatic carbocycles. The van der Waals surface area contributed by atoms with Gasteiger partial charge in [-0.15, -0.1) is 0 Å². The van der Waals surface area contributed by atoms with Gasteiger partial charge in [-0.2, -0.15) is 0 Å². The van der Waals surface area contributed by atoms with Gasteiger partial charge in [0.15, 0.2) is 0 Å². The summed E-state index contributed by atoms with van der Waals surface area (Å²) >= 11 is 1.95. The van der Waals surface area contributed by atoms with Gasteiger partial charge in [-0.25, -0.2) is 0 Å². The third kappa shape index (κ3) is 6.63. The number of rotatable bonds is 6. The highest BCUT2D eigenvalue weighted by Crippen LogP contribution is 2.52. The van der Waals surface area contributed by atoms with Crippen LogP contribution in [0.5, 0.6) is 0 Å². The van der Waals surface area contributed by atoms with Crippen molar-refractivity contribution in [3.8, 4) is 0 Å². The fourth-order valence-corrected chi connectivity index (χ4v) is 7.69. The molecule has 1 aliphatic rings. The van der Waals surface area contributed by atoms with E-state index in [1.807, 2.05) is 11.8 Å². The van der Waals surface area contributed by atoms with Gasteiger partial charge in [-0.1, -0.05) is 123 Å². The van der Waals surface area contributed by atoms with E-state index in [4.69, 9.17) is 0 Å². The Labute approximate surface area is 231 Å². The molecule has 3 aromatic carbocycles. The molecule has 0 fully saturated rings. The first-order chi connectivity index (χ1) is 17.0. The average Bonchev–Trinajstić information content (AvgIpc) is 2.75. The largest absolute Gasteiger partial charge is 0.335 e. The zero-order valence-electron chi connectivity index (χ0n) is 24.8. The monoisotopic (exact) mass is 513 g/mol. The molecule has 4 rings (SSSR count). The van der Waals surface area contributed by atoms with E-state index in [9.17, 15) is 0 Å². The molecule has 0 saturated heterocycles. The molecule has 37 heavy (non-hydrogen) atoms. The molecule has 2 heteroatoms. The third-order valence-electron chi connectivity index (χ3n) is 7.41. The molecule has 0 radical (unpaired) electrons. The zero-order chi connectivity index (χ0) is 27.2. The van der Waals surface area contributed by atoms with Crippen molar-refractivity contribution in [2.24, 2.45) is 10.8 Å². The van der Waals surface area contributed by atoms with Crippen LogP contribution in [0.1, 0.15) is 98.8 Å².